The van der Waals surface area contributed by atoms with Crippen LogP contribution >= 0.6 is 11.3 Å². The molecular formula is C25H20N2O2S. The Balaban J connectivity index is 1.53. The summed E-state index contributed by atoms with van der Waals surface area (Å²) in [4.78, 5) is 1.22. The van der Waals surface area contributed by atoms with E-state index in [9.17, 15) is 0 Å². The number of benzene rings is 3. The van der Waals surface area contributed by atoms with E-state index in [-0.39, 0.29) is 12.3 Å². The summed E-state index contributed by atoms with van der Waals surface area (Å²) in [5, 5.41) is 11.5. The fourth-order valence-corrected chi connectivity index (χ4v) is 5.24. The lowest BCUT2D eigenvalue weighted by atomic mass is 9.96. The van der Waals surface area contributed by atoms with Gasteiger partial charge in [-0.15, -0.1) is 11.3 Å². The molecule has 0 saturated carbocycles. The van der Waals surface area contributed by atoms with E-state index in [4.69, 9.17) is 14.6 Å². The lowest BCUT2D eigenvalue weighted by Gasteiger charge is -2.38. The number of hydrazone groups is 1. The van der Waals surface area contributed by atoms with Crippen LogP contribution in [0.1, 0.15) is 34.7 Å². The van der Waals surface area contributed by atoms with Crippen molar-refractivity contribution in [1.82, 2.24) is 5.01 Å². The fourth-order valence-electron chi connectivity index (χ4n) is 4.52. The maximum Gasteiger partial charge on any atom is 0.214 e. The average molecular weight is 413 g/mol. The van der Waals surface area contributed by atoms with E-state index in [1.165, 1.54) is 10.4 Å². The molecule has 0 fully saturated rings. The molecule has 148 valence electrons. The lowest BCUT2D eigenvalue weighted by molar-refractivity contribution is -0.0180. The Morgan fingerprint density at radius 2 is 1.77 bits per heavy atom. The first-order valence-electron chi connectivity index (χ1n) is 10.0. The Bertz CT molecular complexity index is 1270. The maximum absolute atomic E-state index is 6.56. The van der Waals surface area contributed by atoms with Crippen molar-refractivity contribution in [2.75, 3.05) is 7.11 Å². The normalized spacial score (nSPS) is 19.8. The van der Waals surface area contributed by atoms with Gasteiger partial charge in [0.05, 0.1) is 23.7 Å². The maximum atomic E-state index is 6.56. The molecule has 4 nitrogen and oxygen atoms in total. The van der Waals surface area contributed by atoms with E-state index in [0.717, 1.165) is 40.0 Å². The summed E-state index contributed by atoms with van der Waals surface area (Å²) in [6, 6.07) is 25.2. The zero-order valence-corrected chi connectivity index (χ0v) is 17.3. The first-order valence-corrected chi connectivity index (χ1v) is 10.9. The van der Waals surface area contributed by atoms with Gasteiger partial charge in [0, 0.05) is 22.9 Å². The van der Waals surface area contributed by atoms with Gasteiger partial charge >= 0.3 is 0 Å². The summed E-state index contributed by atoms with van der Waals surface area (Å²) in [6.07, 6.45) is 0.587. The highest BCUT2D eigenvalue weighted by Crippen LogP contribution is 2.49. The predicted molar refractivity (Wildman–Crippen MR) is 120 cm³/mol. The highest BCUT2D eigenvalue weighted by molar-refractivity contribution is 7.12. The highest BCUT2D eigenvalue weighted by atomic mass is 32.1. The van der Waals surface area contributed by atoms with Gasteiger partial charge in [0.1, 0.15) is 11.5 Å². The molecule has 0 N–H and O–H groups in total. The first kappa shape index (κ1) is 17.5. The Labute approximate surface area is 179 Å². The molecule has 6 rings (SSSR count). The Morgan fingerprint density at radius 1 is 0.933 bits per heavy atom. The van der Waals surface area contributed by atoms with E-state index in [1.54, 1.807) is 18.4 Å². The van der Waals surface area contributed by atoms with Crippen LogP contribution in [0.3, 0.4) is 0 Å². The van der Waals surface area contributed by atoms with Gasteiger partial charge in [0.15, 0.2) is 0 Å². The summed E-state index contributed by atoms with van der Waals surface area (Å²) in [5.74, 6) is 1.80. The van der Waals surface area contributed by atoms with Crippen molar-refractivity contribution in [3.63, 3.8) is 0 Å². The minimum atomic E-state index is -0.293. The molecule has 3 aromatic carbocycles. The van der Waals surface area contributed by atoms with Gasteiger partial charge in [-0.05, 0) is 35.0 Å². The molecule has 3 heterocycles. The number of hydrogen-bond acceptors (Lipinski definition) is 5. The van der Waals surface area contributed by atoms with Crippen LogP contribution in [0.2, 0.25) is 0 Å². The van der Waals surface area contributed by atoms with Crippen LogP contribution in [0, 0.1) is 0 Å². The number of nitrogens with zero attached hydrogens (tertiary/aromatic N) is 2. The van der Waals surface area contributed by atoms with Crippen LogP contribution in [0.5, 0.6) is 11.5 Å². The molecule has 0 unspecified atom stereocenters. The third-order valence-electron chi connectivity index (χ3n) is 5.91. The number of hydrogen-bond donors (Lipinski definition) is 0. The smallest absolute Gasteiger partial charge is 0.214 e. The minimum absolute atomic E-state index is 0.165. The van der Waals surface area contributed by atoms with E-state index in [1.807, 2.05) is 18.2 Å². The van der Waals surface area contributed by atoms with Crippen molar-refractivity contribution in [2.24, 2.45) is 5.10 Å². The Morgan fingerprint density at radius 3 is 2.60 bits per heavy atom. The van der Waals surface area contributed by atoms with Crippen molar-refractivity contribution in [3.05, 3.63) is 94.2 Å². The summed E-state index contributed by atoms with van der Waals surface area (Å²) in [6.45, 7) is 0. The number of fused-ring (bicyclic) bond motifs is 4. The van der Waals surface area contributed by atoms with E-state index >= 15 is 0 Å². The van der Waals surface area contributed by atoms with Crippen molar-refractivity contribution < 1.29 is 9.47 Å². The Hall–Kier alpha value is -3.31. The van der Waals surface area contributed by atoms with Crippen molar-refractivity contribution in [2.45, 2.75) is 18.7 Å². The van der Waals surface area contributed by atoms with Gasteiger partial charge in [-0.3, -0.25) is 0 Å². The molecular weight excluding hydrogens is 392 g/mol. The largest absolute Gasteiger partial charge is 0.496 e. The van der Waals surface area contributed by atoms with Gasteiger partial charge in [-0.2, -0.15) is 5.10 Å². The SMILES string of the molecule is COc1ccc([C@H]2Oc3ccccc3[C@@H]3CC(c4cccs4)=NN23)c2ccccc12. The quantitative estimate of drug-likeness (QED) is 0.405. The van der Waals surface area contributed by atoms with Gasteiger partial charge < -0.3 is 9.47 Å². The van der Waals surface area contributed by atoms with Crippen LogP contribution < -0.4 is 9.47 Å². The third kappa shape index (κ3) is 2.62. The number of ether oxygens (including phenoxy) is 2. The van der Waals surface area contributed by atoms with E-state index in [0.29, 0.717) is 0 Å². The molecule has 0 amide bonds. The first-order chi connectivity index (χ1) is 14.8. The molecule has 0 radical (unpaired) electrons. The number of rotatable bonds is 3. The molecule has 1 aromatic heterocycles. The molecule has 2 aliphatic rings. The second-order valence-electron chi connectivity index (χ2n) is 7.53. The highest BCUT2D eigenvalue weighted by Gasteiger charge is 2.41. The summed E-state index contributed by atoms with van der Waals surface area (Å²) >= 11 is 1.74. The van der Waals surface area contributed by atoms with Crippen LogP contribution in [0.25, 0.3) is 10.8 Å². The van der Waals surface area contributed by atoms with Crippen molar-refractivity contribution in [3.8, 4) is 11.5 Å². The van der Waals surface area contributed by atoms with Gasteiger partial charge in [-0.25, -0.2) is 5.01 Å². The topological polar surface area (TPSA) is 34.1 Å². The van der Waals surface area contributed by atoms with Crippen LogP contribution in [0.15, 0.2) is 83.3 Å². The molecule has 0 bridgehead atoms. The molecule has 30 heavy (non-hydrogen) atoms. The molecule has 0 spiro atoms. The molecule has 2 atom stereocenters. The summed E-state index contributed by atoms with van der Waals surface area (Å²) in [7, 11) is 1.71. The van der Waals surface area contributed by atoms with E-state index < -0.39 is 0 Å². The predicted octanol–water partition coefficient (Wildman–Crippen LogP) is 6.15. The standard InChI is InChI=1S/C25H20N2O2S/c1-28-22-13-12-18(16-7-2-3-8-17(16)22)25-27-21(19-9-4-5-10-23(19)29-25)15-20(26-27)24-11-6-14-30-24/h2-14,21,25H,15H2,1H3/t21-,25+/m0/s1. The number of thiophene rings is 1. The zero-order valence-electron chi connectivity index (χ0n) is 16.5. The van der Waals surface area contributed by atoms with Crippen molar-refractivity contribution >= 4 is 27.8 Å². The van der Waals surface area contributed by atoms with Crippen LogP contribution in [-0.2, 0) is 0 Å². The van der Waals surface area contributed by atoms with Gasteiger partial charge in [0.2, 0.25) is 6.23 Å². The second-order valence-corrected chi connectivity index (χ2v) is 8.48. The number of methoxy groups -OCH3 is 1. The summed E-state index contributed by atoms with van der Waals surface area (Å²) < 4.78 is 12.2. The minimum Gasteiger partial charge on any atom is -0.496 e. The molecule has 4 aromatic rings. The Kier molecular flexibility index (Phi) is 4.03. The van der Waals surface area contributed by atoms with Crippen LogP contribution in [0.4, 0.5) is 0 Å². The average Bonchev–Trinajstić information content (AvgIpc) is 3.48. The van der Waals surface area contributed by atoms with E-state index in [2.05, 4.69) is 65.0 Å². The zero-order chi connectivity index (χ0) is 20.1. The molecule has 0 saturated heterocycles. The lowest BCUT2D eigenvalue weighted by Crippen LogP contribution is -2.33. The molecule has 0 aliphatic carbocycles. The van der Waals surface area contributed by atoms with Gasteiger partial charge in [-0.1, -0.05) is 48.5 Å². The fraction of sp³-hybridized carbons (Fsp3) is 0.160. The van der Waals surface area contributed by atoms with Crippen LogP contribution in [-0.4, -0.2) is 17.8 Å². The summed E-state index contributed by atoms with van der Waals surface area (Å²) in [5.41, 5.74) is 3.42. The second kappa shape index (κ2) is 6.89. The van der Waals surface area contributed by atoms with Crippen molar-refractivity contribution in [1.29, 1.82) is 0 Å². The third-order valence-corrected chi connectivity index (χ3v) is 6.83. The van der Waals surface area contributed by atoms with Gasteiger partial charge in [0.25, 0.3) is 0 Å². The molecule has 2 aliphatic heterocycles. The molecule has 5 heteroatoms. The monoisotopic (exact) mass is 412 g/mol. The number of para-hydroxylation sites is 1.